The average molecular weight is 459 g/mol. The van der Waals surface area contributed by atoms with Crippen LogP contribution in [-0.4, -0.2) is 34.8 Å². The number of hydrazine groups is 1. The van der Waals surface area contributed by atoms with Crippen LogP contribution in [0.1, 0.15) is 37.3 Å². The summed E-state index contributed by atoms with van der Waals surface area (Å²) in [5.74, 6) is 1.41. The third-order valence-corrected chi connectivity index (χ3v) is 7.13. The number of halogens is 2. The molecular weight excluding hydrogens is 435 g/mol. The number of aromatic hydroxyl groups is 1. The molecule has 0 radical (unpaired) electrons. The standard InChI is InChI=1S/C23H24Cl2N4O2/c24-17-6-9-21(19(25)10-17)29-22(14-4-7-18(30)8-5-14)11-20(26-29)23(31)27-28-12-15-2-1-3-16(15)13-28/h4-10,15-16,22,30H,1-3,11-13H2,(H,27,31)/t15?,16?,22-/m1/s1. The van der Waals surface area contributed by atoms with E-state index in [1.165, 1.54) is 19.3 Å². The van der Waals surface area contributed by atoms with Crippen molar-refractivity contribution in [2.45, 2.75) is 31.7 Å². The van der Waals surface area contributed by atoms with Crippen LogP contribution in [0.3, 0.4) is 0 Å². The number of benzene rings is 2. The lowest BCUT2D eigenvalue weighted by molar-refractivity contribution is -0.119. The van der Waals surface area contributed by atoms with E-state index in [2.05, 4.69) is 10.5 Å². The number of hydrogen-bond acceptors (Lipinski definition) is 5. The lowest BCUT2D eigenvalue weighted by atomic mass is 10.0. The summed E-state index contributed by atoms with van der Waals surface area (Å²) >= 11 is 12.5. The first-order valence-electron chi connectivity index (χ1n) is 10.6. The number of amides is 1. The van der Waals surface area contributed by atoms with Crippen LogP contribution in [0.25, 0.3) is 0 Å². The summed E-state index contributed by atoms with van der Waals surface area (Å²) in [6.45, 7) is 1.83. The lowest BCUT2D eigenvalue weighted by Crippen LogP contribution is -2.44. The summed E-state index contributed by atoms with van der Waals surface area (Å²) in [5.41, 5.74) is 5.15. The highest BCUT2D eigenvalue weighted by Gasteiger charge is 2.38. The monoisotopic (exact) mass is 458 g/mol. The molecule has 0 aromatic heterocycles. The fraction of sp³-hybridized carbons (Fsp3) is 0.391. The van der Waals surface area contributed by atoms with Crippen LogP contribution in [0, 0.1) is 11.8 Å². The molecule has 1 saturated carbocycles. The molecule has 2 aromatic rings. The summed E-state index contributed by atoms with van der Waals surface area (Å²) < 4.78 is 0. The van der Waals surface area contributed by atoms with Crippen molar-refractivity contribution in [3.63, 3.8) is 0 Å². The predicted molar refractivity (Wildman–Crippen MR) is 122 cm³/mol. The number of phenolic OH excluding ortho intramolecular Hbond substituents is 1. The zero-order valence-corrected chi connectivity index (χ0v) is 18.5. The summed E-state index contributed by atoms with van der Waals surface area (Å²) in [5, 5.41) is 19.2. The molecule has 2 unspecified atom stereocenters. The van der Waals surface area contributed by atoms with E-state index in [-0.39, 0.29) is 17.7 Å². The van der Waals surface area contributed by atoms with Crippen LogP contribution < -0.4 is 10.4 Å². The molecule has 1 amide bonds. The molecule has 8 heteroatoms. The number of anilines is 1. The Morgan fingerprint density at radius 3 is 2.45 bits per heavy atom. The number of nitrogens with zero attached hydrogens (tertiary/aromatic N) is 3. The van der Waals surface area contributed by atoms with Crippen molar-refractivity contribution in [1.29, 1.82) is 0 Å². The van der Waals surface area contributed by atoms with Gasteiger partial charge >= 0.3 is 0 Å². The molecule has 0 spiro atoms. The summed E-state index contributed by atoms with van der Waals surface area (Å²) in [6, 6.07) is 12.0. The molecule has 3 atom stereocenters. The molecule has 1 saturated heterocycles. The Labute approximate surface area is 191 Å². The molecule has 1 aliphatic carbocycles. The molecule has 6 nitrogen and oxygen atoms in total. The highest BCUT2D eigenvalue weighted by Crippen LogP contribution is 2.40. The maximum absolute atomic E-state index is 13.1. The van der Waals surface area contributed by atoms with Gasteiger partial charge in [-0.05, 0) is 60.6 Å². The smallest absolute Gasteiger partial charge is 0.281 e. The highest BCUT2D eigenvalue weighted by atomic mass is 35.5. The van der Waals surface area contributed by atoms with Gasteiger partial charge in [0.1, 0.15) is 11.5 Å². The van der Waals surface area contributed by atoms with E-state index in [1.54, 1.807) is 29.3 Å². The van der Waals surface area contributed by atoms with E-state index < -0.39 is 0 Å². The minimum atomic E-state index is -0.210. The number of carbonyl (C=O) groups excluding carboxylic acids is 1. The van der Waals surface area contributed by atoms with Gasteiger partial charge < -0.3 is 5.11 Å². The zero-order valence-electron chi connectivity index (χ0n) is 17.0. The fourth-order valence-corrected chi connectivity index (χ4v) is 5.52. The number of nitrogens with one attached hydrogen (secondary N) is 1. The van der Waals surface area contributed by atoms with E-state index in [0.717, 1.165) is 18.7 Å². The third kappa shape index (κ3) is 4.12. The minimum absolute atomic E-state index is 0.170. The Morgan fingerprint density at radius 2 is 1.77 bits per heavy atom. The average Bonchev–Trinajstić information content (AvgIpc) is 3.43. The number of phenols is 1. The molecule has 3 aliphatic rings. The van der Waals surface area contributed by atoms with Gasteiger partial charge in [0.2, 0.25) is 0 Å². The SMILES string of the molecule is O=C(NN1CC2CCCC2C1)C1=NN(c2ccc(Cl)cc2Cl)[C@@H](c2ccc(O)cc2)C1. The normalized spacial score (nSPS) is 25.5. The first-order chi connectivity index (χ1) is 15.0. The zero-order chi connectivity index (χ0) is 21.5. The van der Waals surface area contributed by atoms with Gasteiger partial charge in [-0.25, -0.2) is 5.01 Å². The van der Waals surface area contributed by atoms with Gasteiger partial charge in [0.15, 0.2) is 0 Å². The molecule has 2 heterocycles. The van der Waals surface area contributed by atoms with Gasteiger partial charge in [-0.1, -0.05) is 41.8 Å². The molecule has 2 aromatic carbocycles. The molecule has 2 fully saturated rings. The van der Waals surface area contributed by atoms with Gasteiger partial charge in [-0.3, -0.25) is 15.2 Å². The second-order valence-electron chi connectivity index (χ2n) is 8.60. The van der Waals surface area contributed by atoms with Gasteiger partial charge in [0.25, 0.3) is 5.91 Å². The molecule has 31 heavy (non-hydrogen) atoms. The second kappa shape index (κ2) is 8.34. The van der Waals surface area contributed by atoms with Crippen LogP contribution in [-0.2, 0) is 4.79 Å². The number of carbonyl (C=O) groups is 1. The van der Waals surface area contributed by atoms with E-state index in [9.17, 15) is 9.90 Å². The molecule has 162 valence electrons. The van der Waals surface area contributed by atoms with Crippen LogP contribution in [0.2, 0.25) is 10.0 Å². The lowest BCUT2D eigenvalue weighted by Gasteiger charge is -2.25. The summed E-state index contributed by atoms with van der Waals surface area (Å²) in [6.07, 6.45) is 4.25. The maximum atomic E-state index is 13.1. The van der Waals surface area contributed by atoms with Gasteiger partial charge in [0, 0.05) is 24.5 Å². The fourth-order valence-electron chi connectivity index (χ4n) is 5.03. The van der Waals surface area contributed by atoms with Gasteiger partial charge in [-0.2, -0.15) is 5.10 Å². The molecule has 0 bridgehead atoms. The Morgan fingerprint density at radius 1 is 1.06 bits per heavy atom. The highest BCUT2D eigenvalue weighted by molar-refractivity contribution is 6.40. The second-order valence-corrected chi connectivity index (χ2v) is 9.44. The number of rotatable bonds is 4. The summed E-state index contributed by atoms with van der Waals surface area (Å²) in [7, 11) is 0. The Hall–Kier alpha value is -2.28. The molecule has 5 rings (SSSR count). The molecular formula is C23H24Cl2N4O2. The maximum Gasteiger partial charge on any atom is 0.281 e. The van der Waals surface area contributed by atoms with E-state index >= 15 is 0 Å². The molecule has 2 aliphatic heterocycles. The van der Waals surface area contributed by atoms with Crippen LogP contribution in [0.4, 0.5) is 5.69 Å². The van der Waals surface area contributed by atoms with E-state index in [4.69, 9.17) is 23.2 Å². The van der Waals surface area contributed by atoms with Crippen molar-refractivity contribution in [3.05, 3.63) is 58.1 Å². The topological polar surface area (TPSA) is 68.2 Å². The van der Waals surface area contributed by atoms with Gasteiger partial charge in [0.05, 0.1) is 16.8 Å². The predicted octanol–water partition coefficient (Wildman–Crippen LogP) is 4.77. The van der Waals surface area contributed by atoms with Crippen molar-refractivity contribution in [2.75, 3.05) is 18.1 Å². The van der Waals surface area contributed by atoms with Gasteiger partial charge in [-0.15, -0.1) is 0 Å². The summed E-state index contributed by atoms with van der Waals surface area (Å²) in [4.78, 5) is 13.1. The van der Waals surface area contributed by atoms with Crippen molar-refractivity contribution in [2.24, 2.45) is 16.9 Å². The van der Waals surface area contributed by atoms with Crippen LogP contribution in [0.5, 0.6) is 5.75 Å². The first-order valence-corrected chi connectivity index (χ1v) is 11.4. The van der Waals surface area contributed by atoms with Crippen molar-refractivity contribution < 1.29 is 9.90 Å². The van der Waals surface area contributed by atoms with E-state index in [1.807, 2.05) is 23.2 Å². The largest absolute Gasteiger partial charge is 0.508 e. The van der Waals surface area contributed by atoms with Crippen molar-refractivity contribution in [3.8, 4) is 5.75 Å². The Kier molecular flexibility index (Phi) is 5.54. The van der Waals surface area contributed by atoms with E-state index in [0.29, 0.717) is 39.7 Å². The van der Waals surface area contributed by atoms with Crippen molar-refractivity contribution >= 4 is 40.5 Å². The Balaban J connectivity index is 1.39. The van der Waals surface area contributed by atoms with Crippen LogP contribution >= 0.6 is 23.2 Å². The van der Waals surface area contributed by atoms with Crippen LogP contribution in [0.15, 0.2) is 47.6 Å². The first kappa shape index (κ1) is 20.6. The number of fused-ring (bicyclic) bond motifs is 1. The number of hydrazone groups is 1. The molecule has 2 N–H and O–H groups in total. The Bertz CT molecular complexity index is 1010. The van der Waals surface area contributed by atoms with Crippen molar-refractivity contribution in [1.82, 2.24) is 10.4 Å². The minimum Gasteiger partial charge on any atom is -0.508 e. The quantitative estimate of drug-likeness (QED) is 0.692. The third-order valence-electron chi connectivity index (χ3n) is 6.59. The number of hydrogen-bond donors (Lipinski definition) is 2.